The first-order valence-electron chi connectivity index (χ1n) is 7.50. The van der Waals surface area contributed by atoms with Crippen molar-refractivity contribution in [3.8, 4) is 16.9 Å². The van der Waals surface area contributed by atoms with E-state index in [4.69, 9.17) is 0 Å². The maximum Gasteiger partial charge on any atom is 0.274 e. The number of nitrogens with zero attached hydrogens (tertiary/aromatic N) is 6. The van der Waals surface area contributed by atoms with Crippen LogP contribution in [0.5, 0.6) is 5.75 Å². The van der Waals surface area contributed by atoms with Gasteiger partial charge in [-0.05, 0) is 6.07 Å². The van der Waals surface area contributed by atoms with Crippen LogP contribution in [0.2, 0.25) is 0 Å². The van der Waals surface area contributed by atoms with Gasteiger partial charge in [0.25, 0.3) is 5.91 Å². The Morgan fingerprint density at radius 2 is 1.96 bits per heavy atom. The molecule has 0 aliphatic carbocycles. The van der Waals surface area contributed by atoms with Crippen molar-refractivity contribution in [1.29, 1.82) is 0 Å². The van der Waals surface area contributed by atoms with Gasteiger partial charge in [0.15, 0.2) is 0 Å². The number of imidazole rings is 1. The van der Waals surface area contributed by atoms with Crippen LogP contribution >= 0.6 is 0 Å². The van der Waals surface area contributed by atoms with Crippen LogP contribution < -0.4 is 5.32 Å². The lowest BCUT2D eigenvalue weighted by Gasteiger charge is -2.06. The van der Waals surface area contributed by atoms with Crippen molar-refractivity contribution in [3.63, 3.8) is 0 Å². The number of aromatic nitrogens is 6. The number of fused-ring (bicyclic) bond motifs is 1. The summed E-state index contributed by atoms with van der Waals surface area (Å²) in [6.45, 7) is 0. The number of nitrogens with one attached hydrogen (secondary N) is 1. The predicted molar refractivity (Wildman–Crippen MR) is 90.2 cm³/mol. The van der Waals surface area contributed by atoms with Crippen LogP contribution in [0.1, 0.15) is 10.5 Å². The summed E-state index contributed by atoms with van der Waals surface area (Å²) in [7, 11) is 3.55. The summed E-state index contributed by atoms with van der Waals surface area (Å²) in [4.78, 5) is 16.3. The van der Waals surface area contributed by atoms with Gasteiger partial charge in [-0.2, -0.15) is 10.2 Å². The molecule has 0 radical (unpaired) electrons. The number of rotatable bonds is 3. The second-order valence-corrected chi connectivity index (χ2v) is 5.71. The molecule has 4 aromatic rings. The van der Waals surface area contributed by atoms with Crippen LogP contribution in [-0.4, -0.2) is 40.0 Å². The van der Waals surface area contributed by atoms with Crippen molar-refractivity contribution in [1.82, 2.24) is 28.9 Å². The number of hydrogen-bond donors (Lipinski definition) is 2. The zero-order chi connectivity index (χ0) is 17.6. The molecule has 0 aliphatic rings. The van der Waals surface area contributed by atoms with Crippen molar-refractivity contribution >= 4 is 17.1 Å². The van der Waals surface area contributed by atoms with E-state index in [0.29, 0.717) is 16.9 Å². The second-order valence-electron chi connectivity index (χ2n) is 5.71. The summed E-state index contributed by atoms with van der Waals surface area (Å²) in [5.74, 6) is -0.315. The Morgan fingerprint density at radius 3 is 2.64 bits per heavy atom. The van der Waals surface area contributed by atoms with E-state index in [1.54, 1.807) is 41.1 Å². The van der Waals surface area contributed by atoms with Crippen LogP contribution in [0.25, 0.3) is 16.6 Å². The lowest BCUT2D eigenvalue weighted by Crippen LogP contribution is -2.15. The monoisotopic (exact) mass is 337 g/mol. The fourth-order valence-electron chi connectivity index (χ4n) is 2.68. The van der Waals surface area contributed by atoms with E-state index in [0.717, 1.165) is 11.1 Å². The highest BCUT2D eigenvalue weighted by Crippen LogP contribution is 2.31. The number of aryl methyl sites for hydroxylation is 2. The number of aromatic hydroxyl groups is 1. The predicted octanol–water partition coefficient (Wildman–Crippen LogP) is 1.43. The smallest absolute Gasteiger partial charge is 0.274 e. The van der Waals surface area contributed by atoms with E-state index in [1.165, 1.54) is 16.9 Å². The molecule has 4 heterocycles. The molecule has 0 bridgehead atoms. The Kier molecular flexibility index (Phi) is 3.27. The maximum atomic E-state index is 12.3. The summed E-state index contributed by atoms with van der Waals surface area (Å²) < 4.78 is 4.82. The molecule has 9 heteroatoms. The summed E-state index contributed by atoms with van der Waals surface area (Å²) >= 11 is 0. The van der Waals surface area contributed by atoms with Crippen LogP contribution in [-0.2, 0) is 14.1 Å². The van der Waals surface area contributed by atoms with E-state index in [9.17, 15) is 9.90 Å². The van der Waals surface area contributed by atoms with Gasteiger partial charge in [0.05, 0.1) is 30.6 Å². The average Bonchev–Trinajstić information content (AvgIpc) is 3.28. The van der Waals surface area contributed by atoms with Gasteiger partial charge < -0.3 is 15.0 Å². The Labute approximate surface area is 142 Å². The average molecular weight is 337 g/mol. The van der Waals surface area contributed by atoms with Gasteiger partial charge in [-0.15, -0.1) is 0 Å². The summed E-state index contributed by atoms with van der Waals surface area (Å²) in [6, 6.07) is 1.62. The van der Waals surface area contributed by atoms with Crippen molar-refractivity contribution in [2.75, 3.05) is 5.32 Å². The Bertz CT molecular complexity index is 1090. The summed E-state index contributed by atoms with van der Waals surface area (Å²) in [6.07, 6.45) is 9.83. The molecule has 4 aromatic heterocycles. The minimum absolute atomic E-state index is 0.0131. The van der Waals surface area contributed by atoms with Crippen LogP contribution in [0.4, 0.5) is 5.69 Å². The molecule has 0 spiro atoms. The van der Waals surface area contributed by atoms with Gasteiger partial charge in [0, 0.05) is 37.6 Å². The van der Waals surface area contributed by atoms with Gasteiger partial charge in [-0.25, -0.2) is 9.50 Å². The molecule has 0 saturated carbocycles. The number of pyridine rings is 1. The molecular formula is C16H15N7O2. The zero-order valence-electron chi connectivity index (χ0n) is 13.6. The van der Waals surface area contributed by atoms with Crippen molar-refractivity contribution < 1.29 is 9.90 Å². The fraction of sp³-hybridized carbons (Fsp3) is 0.125. The highest BCUT2D eigenvalue weighted by atomic mass is 16.3. The number of carbonyl (C=O) groups is 1. The van der Waals surface area contributed by atoms with Crippen molar-refractivity contribution in [3.05, 3.63) is 49.1 Å². The largest absolute Gasteiger partial charge is 0.506 e. The minimum Gasteiger partial charge on any atom is -0.506 e. The van der Waals surface area contributed by atoms with Gasteiger partial charge in [-0.1, -0.05) is 0 Å². The SMILES string of the molecule is Cn1cc(-c2cc(O)c3c(NC(=O)c4cncn4C)cnn3c2)cn1. The first kappa shape index (κ1) is 14.9. The summed E-state index contributed by atoms with van der Waals surface area (Å²) in [5.41, 5.74) is 2.87. The normalized spacial score (nSPS) is 11.1. The third kappa shape index (κ3) is 2.51. The molecule has 4 rings (SSSR count). The molecule has 0 unspecified atom stereocenters. The Balaban J connectivity index is 1.72. The van der Waals surface area contributed by atoms with Gasteiger partial charge in [-0.3, -0.25) is 9.48 Å². The summed E-state index contributed by atoms with van der Waals surface area (Å²) in [5, 5.41) is 21.5. The molecule has 1 amide bonds. The van der Waals surface area contributed by atoms with Gasteiger partial charge in [0.1, 0.15) is 17.0 Å². The third-order valence-corrected chi connectivity index (χ3v) is 3.93. The van der Waals surface area contributed by atoms with E-state index in [1.807, 2.05) is 13.2 Å². The molecule has 126 valence electrons. The molecule has 9 nitrogen and oxygen atoms in total. The standard InChI is InChI=1S/C16H15N7O2/c1-21-9-17-6-13(21)16(25)20-12-5-19-23-8-10(3-14(24)15(12)23)11-4-18-22(2)7-11/h3-9,24H,1-2H3,(H,20,25). The molecule has 0 aliphatic heterocycles. The van der Waals surface area contributed by atoms with Crippen molar-refractivity contribution in [2.24, 2.45) is 14.1 Å². The van der Waals surface area contributed by atoms with Crippen LogP contribution in [0, 0.1) is 0 Å². The quantitative estimate of drug-likeness (QED) is 0.589. The number of carbonyl (C=O) groups excluding carboxylic acids is 1. The minimum atomic E-state index is -0.328. The van der Waals surface area contributed by atoms with E-state index >= 15 is 0 Å². The number of hydrogen-bond acceptors (Lipinski definition) is 5. The highest BCUT2D eigenvalue weighted by Gasteiger charge is 2.16. The highest BCUT2D eigenvalue weighted by molar-refractivity contribution is 6.05. The molecule has 2 N–H and O–H groups in total. The molecule has 0 aromatic carbocycles. The van der Waals surface area contributed by atoms with E-state index in [2.05, 4.69) is 20.5 Å². The molecule has 0 fully saturated rings. The van der Waals surface area contributed by atoms with E-state index in [-0.39, 0.29) is 11.7 Å². The molecule has 25 heavy (non-hydrogen) atoms. The van der Waals surface area contributed by atoms with E-state index < -0.39 is 0 Å². The molecule has 0 saturated heterocycles. The maximum absolute atomic E-state index is 12.3. The first-order valence-corrected chi connectivity index (χ1v) is 7.50. The number of anilines is 1. The number of amides is 1. The van der Waals surface area contributed by atoms with Crippen LogP contribution in [0.3, 0.4) is 0 Å². The second kappa shape index (κ2) is 5.48. The topological polar surface area (TPSA) is 102 Å². The fourth-order valence-corrected chi connectivity index (χ4v) is 2.68. The third-order valence-electron chi connectivity index (χ3n) is 3.93. The lowest BCUT2D eigenvalue weighted by molar-refractivity contribution is 0.101. The van der Waals surface area contributed by atoms with Crippen molar-refractivity contribution in [2.45, 2.75) is 0 Å². The lowest BCUT2D eigenvalue weighted by atomic mass is 10.1. The molecule has 0 atom stereocenters. The Hall–Kier alpha value is -3.62. The van der Waals surface area contributed by atoms with Crippen LogP contribution in [0.15, 0.2) is 43.4 Å². The van der Waals surface area contributed by atoms with Gasteiger partial charge >= 0.3 is 0 Å². The van der Waals surface area contributed by atoms with Gasteiger partial charge in [0.2, 0.25) is 0 Å². The Morgan fingerprint density at radius 1 is 1.12 bits per heavy atom. The molecular weight excluding hydrogens is 322 g/mol. The first-order chi connectivity index (χ1) is 12.0. The zero-order valence-corrected chi connectivity index (χ0v) is 13.6.